The smallest absolute Gasteiger partial charge is 0.392 e. The van der Waals surface area contributed by atoms with Gasteiger partial charge in [-0.25, -0.2) is 14.3 Å². The molecule has 0 aliphatic carbocycles. The summed E-state index contributed by atoms with van der Waals surface area (Å²) in [6.07, 6.45) is -1.46. The lowest BCUT2D eigenvalue weighted by molar-refractivity contribution is -0.260. The quantitative estimate of drug-likeness (QED) is 0.224. The monoisotopic (exact) mass is 451 g/mol. The highest BCUT2D eigenvalue weighted by molar-refractivity contribution is 7.61. The highest BCUT2D eigenvalue weighted by Crippen LogP contribution is 2.46. The van der Waals surface area contributed by atoms with Crippen LogP contribution in [0.25, 0.3) is 0 Å². The zero-order chi connectivity index (χ0) is 22.7. The van der Waals surface area contributed by atoms with Crippen molar-refractivity contribution in [3.63, 3.8) is 0 Å². The summed E-state index contributed by atoms with van der Waals surface area (Å²) in [6, 6.07) is 0. The van der Waals surface area contributed by atoms with Gasteiger partial charge in [-0.2, -0.15) is 15.0 Å². The predicted molar refractivity (Wildman–Crippen MR) is 112 cm³/mol. The van der Waals surface area contributed by atoms with E-state index in [0.29, 0.717) is 13.1 Å². The highest BCUT2D eigenvalue weighted by Gasteiger charge is 2.37. The van der Waals surface area contributed by atoms with Gasteiger partial charge in [0.2, 0.25) is 11.9 Å². The van der Waals surface area contributed by atoms with Gasteiger partial charge in [0.1, 0.15) is 0 Å². The maximum atomic E-state index is 13.3. The molecule has 0 aliphatic heterocycles. The number of aliphatic hydroxyl groups excluding tert-OH is 2. The van der Waals surface area contributed by atoms with E-state index in [-0.39, 0.29) is 43.8 Å². The van der Waals surface area contributed by atoms with Gasteiger partial charge in [-0.05, 0) is 41.5 Å². The Kier molecular flexibility index (Phi) is 11.6. The molecule has 13 heteroatoms. The molecule has 1 aromatic heterocycles. The average molecular weight is 451 g/mol. The van der Waals surface area contributed by atoms with Crippen LogP contribution in [0.2, 0.25) is 0 Å². The van der Waals surface area contributed by atoms with Gasteiger partial charge < -0.3 is 20.0 Å². The van der Waals surface area contributed by atoms with E-state index in [4.69, 9.17) is 19.1 Å². The van der Waals surface area contributed by atoms with Crippen LogP contribution < -0.4 is 15.4 Å². The van der Waals surface area contributed by atoms with Crippen LogP contribution in [0.4, 0.5) is 11.9 Å². The van der Waals surface area contributed by atoms with E-state index < -0.39 is 19.8 Å². The van der Waals surface area contributed by atoms with Crippen LogP contribution in [-0.4, -0.2) is 76.8 Å². The highest BCUT2D eigenvalue weighted by atomic mass is 31.2. The van der Waals surface area contributed by atoms with Crippen molar-refractivity contribution in [3.05, 3.63) is 0 Å². The summed E-state index contributed by atoms with van der Waals surface area (Å²) in [4.78, 5) is 26.1. The topological polar surface area (TPSA) is 140 Å². The van der Waals surface area contributed by atoms with Crippen molar-refractivity contribution in [3.8, 4) is 0 Å². The minimum Gasteiger partial charge on any atom is -0.392 e. The number of hydrogen-bond donors (Lipinski definition) is 2. The molecule has 0 amide bonds. The summed E-state index contributed by atoms with van der Waals surface area (Å²) >= 11 is 0. The number of nitrogens with zero attached hydrogens (tertiary/aromatic N) is 5. The molecule has 1 aromatic rings. The number of anilines is 2. The van der Waals surface area contributed by atoms with Gasteiger partial charge in [0, 0.05) is 26.2 Å². The average Bonchev–Trinajstić information content (AvgIpc) is 2.70. The molecule has 0 aliphatic rings. The minimum absolute atomic E-state index is 0.101. The molecule has 30 heavy (non-hydrogen) atoms. The summed E-state index contributed by atoms with van der Waals surface area (Å²) in [5, 5.41) is 19.8. The van der Waals surface area contributed by atoms with Crippen LogP contribution in [0.15, 0.2) is 0 Å². The first kappa shape index (κ1) is 26.6. The molecule has 2 unspecified atom stereocenters. The predicted octanol–water partition coefficient (Wildman–Crippen LogP) is 1.04. The SMILES string of the molecule is CCOOP(=O)(OOCC)c1nc(N(CC)CC)nc(N(CC(C)O)CC(C)O)n1. The fraction of sp³-hybridized carbons (Fsp3) is 0.824. The Morgan fingerprint density at radius 3 is 1.63 bits per heavy atom. The molecule has 2 atom stereocenters. The summed E-state index contributed by atoms with van der Waals surface area (Å²) in [6.45, 7) is 12.0. The first-order chi connectivity index (χ1) is 14.2. The second-order valence-electron chi connectivity index (χ2n) is 6.47. The standard InChI is InChI=1S/C17H34N5O7P/c1-7-21(8-2)15-18-16(22(11-13(5)23)12-14(6)24)20-17(19-15)30(25,28-26-9-3)29-27-10-4/h13-14,23-24H,7-12H2,1-6H3. The lowest BCUT2D eigenvalue weighted by atomic mass is 10.3. The summed E-state index contributed by atoms with van der Waals surface area (Å²) in [5.41, 5.74) is -0.308. The van der Waals surface area contributed by atoms with E-state index >= 15 is 0 Å². The van der Waals surface area contributed by atoms with E-state index in [1.807, 2.05) is 18.7 Å². The molecular formula is C17H34N5O7P. The van der Waals surface area contributed by atoms with Crippen molar-refractivity contribution in [2.45, 2.75) is 53.8 Å². The fourth-order valence-corrected chi connectivity index (χ4v) is 3.52. The molecule has 0 bridgehead atoms. The number of rotatable bonds is 15. The zero-order valence-corrected chi connectivity index (χ0v) is 19.4. The molecule has 0 saturated heterocycles. The number of aliphatic hydroxyl groups is 2. The number of aromatic nitrogens is 3. The number of hydrogen-bond acceptors (Lipinski definition) is 12. The normalized spacial score (nSPS) is 13.9. The third kappa shape index (κ3) is 8.03. The second kappa shape index (κ2) is 13.1. The Hall–Kier alpha value is -1.40. The maximum absolute atomic E-state index is 13.3. The van der Waals surface area contributed by atoms with Crippen molar-refractivity contribution < 1.29 is 33.9 Å². The van der Waals surface area contributed by atoms with Crippen molar-refractivity contribution in [1.82, 2.24) is 15.0 Å². The summed E-state index contributed by atoms with van der Waals surface area (Å²) < 4.78 is 23.3. The van der Waals surface area contributed by atoms with Crippen LogP contribution in [0.1, 0.15) is 41.5 Å². The van der Waals surface area contributed by atoms with Crippen LogP contribution >= 0.6 is 7.60 Å². The Morgan fingerprint density at radius 2 is 1.27 bits per heavy atom. The van der Waals surface area contributed by atoms with Crippen molar-refractivity contribution in [1.29, 1.82) is 0 Å². The lowest BCUT2D eigenvalue weighted by Crippen LogP contribution is -2.39. The van der Waals surface area contributed by atoms with Gasteiger partial charge >= 0.3 is 7.60 Å². The molecule has 0 saturated carbocycles. The van der Waals surface area contributed by atoms with Gasteiger partial charge in [-0.15, -0.1) is 9.35 Å². The van der Waals surface area contributed by atoms with Crippen LogP contribution in [0.5, 0.6) is 0 Å². The maximum Gasteiger partial charge on any atom is 0.452 e. The van der Waals surface area contributed by atoms with Gasteiger partial charge in [-0.1, -0.05) is 0 Å². The summed E-state index contributed by atoms with van der Waals surface area (Å²) in [5.74, 6) is 0.339. The van der Waals surface area contributed by atoms with Gasteiger partial charge in [0.25, 0.3) is 5.57 Å². The van der Waals surface area contributed by atoms with Gasteiger partial charge in [0.15, 0.2) is 0 Å². The van der Waals surface area contributed by atoms with E-state index in [0.717, 1.165) is 0 Å². The van der Waals surface area contributed by atoms with Crippen molar-refractivity contribution in [2.24, 2.45) is 0 Å². The third-order valence-corrected chi connectivity index (χ3v) is 4.97. The first-order valence-electron chi connectivity index (χ1n) is 10.1. The fourth-order valence-electron chi connectivity index (χ4n) is 2.45. The van der Waals surface area contributed by atoms with Crippen molar-refractivity contribution >= 4 is 25.1 Å². The van der Waals surface area contributed by atoms with Crippen molar-refractivity contribution in [2.75, 3.05) is 49.2 Å². The lowest BCUT2D eigenvalue weighted by Gasteiger charge is -2.27. The second-order valence-corrected chi connectivity index (χ2v) is 8.16. The van der Waals surface area contributed by atoms with Crippen LogP contribution in [0, 0.1) is 0 Å². The molecule has 0 spiro atoms. The zero-order valence-electron chi connectivity index (χ0n) is 18.5. The molecule has 0 fully saturated rings. The van der Waals surface area contributed by atoms with E-state index in [9.17, 15) is 14.8 Å². The Balaban J connectivity index is 3.57. The third-order valence-electron chi connectivity index (χ3n) is 3.68. The Labute approximate surface area is 177 Å². The largest absolute Gasteiger partial charge is 0.452 e. The molecular weight excluding hydrogens is 417 g/mol. The Bertz CT molecular complexity index is 654. The van der Waals surface area contributed by atoms with Crippen LogP contribution in [0.3, 0.4) is 0 Å². The first-order valence-corrected chi connectivity index (χ1v) is 11.6. The molecule has 0 aromatic carbocycles. The molecule has 0 radical (unpaired) electrons. The van der Waals surface area contributed by atoms with Crippen LogP contribution in [-0.2, 0) is 23.7 Å². The van der Waals surface area contributed by atoms with E-state index in [1.165, 1.54) is 0 Å². The van der Waals surface area contributed by atoms with E-state index in [2.05, 4.69) is 15.0 Å². The molecule has 1 heterocycles. The summed E-state index contributed by atoms with van der Waals surface area (Å²) in [7, 11) is -4.21. The van der Waals surface area contributed by atoms with Gasteiger partial charge in [-0.3, -0.25) is 0 Å². The molecule has 1 rings (SSSR count). The Morgan fingerprint density at radius 1 is 0.833 bits per heavy atom. The molecule has 2 N–H and O–H groups in total. The van der Waals surface area contributed by atoms with Gasteiger partial charge in [0.05, 0.1) is 25.4 Å². The molecule has 12 nitrogen and oxygen atoms in total. The van der Waals surface area contributed by atoms with E-state index in [1.54, 1.807) is 32.6 Å². The molecule has 174 valence electrons. The minimum atomic E-state index is -4.21.